The summed E-state index contributed by atoms with van der Waals surface area (Å²) in [4.78, 5) is 7.30. The first kappa shape index (κ1) is 13.0. The second kappa shape index (κ2) is 5.99. The van der Waals surface area contributed by atoms with Crippen LogP contribution in [0.5, 0.6) is 0 Å². The Bertz CT molecular complexity index is 502. The number of likely N-dealkylation sites (tertiary alicyclic amines) is 1. The first-order chi connectivity index (χ1) is 9.35. The first-order valence-corrected chi connectivity index (χ1v) is 7.88. The summed E-state index contributed by atoms with van der Waals surface area (Å²) in [5.74, 6) is 0.799. The second-order valence-corrected chi connectivity index (χ2v) is 6.49. The highest BCUT2D eigenvalue weighted by atomic mass is 32.1. The number of piperidine rings is 1. The summed E-state index contributed by atoms with van der Waals surface area (Å²) >= 11 is 1.84. The van der Waals surface area contributed by atoms with E-state index < -0.39 is 0 Å². The molecule has 1 aliphatic rings. The number of fused-ring (bicyclic) bond motifs is 1. The van der Waals surface area contributed by atoms with E-state index in [4.69, 9.17) is 4.98 Å². The molecular weight excluding hydrogens is 254 g/mol. The molecule has 1 saturated heterocycles. The molecule has 1 aromatic heterocycles. The van der Waals surface area contributed by atoms with Crippen molar-refractivity contribution in [3.05, 3.63) is 29.3 Å². The fraction of sp³-hybridized carbons (Fsp3) is 0.533. The summed E-state index contributed by atoms with van der Waals surface area (Å²) in [5.41, 5.74) is 1.14. The maximum Gasteiger partial charge on any atom is 0.108 e. The van der Waals surface area contributed by atoms with Crippen molar-refractivity contribution in [1.29, 1.82) is 0 Å². The Labute approximate surface area is 118 Å². The molecular formula is C15H21N3S. The minimum absolute atomic E-state index is 0.799. The van der Waals surface area contributed by atoms with Gasteiger partial charge in [-0.05, 0) is 51.0 Å². The van der Waals surface area contributed by atoms with E-state index in [-0.39, 0.29) is 0 Å². The smallest absolute Gasteiger partial charge is 0.108 e. The molecule has 19 heavy (non-hydrogen) atoms. The summed E-state index contributed by atoms with van der Waals surface area (Å²) in [6.07, 6.45) is 2.68. The van der Waals surface area contributed by atoms with E-state index in [1.807, 2.05) is 18.4 Å². The molecule has 2 aromatic rings. The van der Waals surface area contributed by atoms with Crippen molar-refractivity contribution in [2.75, 3.05) is 26.7 Å². The second-order valence-electron chi connectivity index (χ2n) is 5.38. The van der Waals surface area contributed by atoms with Gasteiger partial charge in [-0.2, -0.15) is 0 Å². The quantitative estimate of drug-likeness (QED) is 0.930. The van der Waals surface area contributed by atoms with Gasteiger partial charge in [-0.15, -0.1) is 11.3 Å². The Kier molecular flexibility index (Phi) is 4.11. The number of hydrogen-bond donors (Lipinski definition) is 1. The molecule has 1 N–H and O–H groups in total. The molecule has 0 amide bonds. The molecule has 1 fully saturated rings. The average molecular weight is 275 g/mol. The van der Waals surface area contributed by atoms with Gasteiger partial charge in [-0.3, -0.25) is 4.90 Å². The van der Waals surface area contributed by atoms with Crippen molar-refractivity contribution in [3.63, 3.8) is 0 Å². The van der Waals surface area contributed by atoms with E-state index in [1.165, 1.54) is 35.6 Å². The molecule has 0 aliphatic carbocycles. The lowest BCUT2D eigenvalue weighted by Crippen LogP contribution is -2.38. The number of rotatable bonds is 4. The maximum atomic E-state index is 4.74. The standard InChI is InChI=1S/C15H21N3S/c1-16-9-12-5-4-8-18(10-12)11-15-17-13-6-2-3-7-14(13)19-15/h2-3,6-7,12,16H,4-5,8-11H2,1H3. The van der Waals surface area contributed by atoms with E-state index in [2.05, 4.69) is 34.5 Å². The number of para-hydroxylation sites is 1. The van der Waals surface area contributed by atoms with Gasteiger partial charge in [-0.25, -0.2) is 4.98 Å². The van der Waals surface area contributed by atoms with Crippen LogP contribution in [0.1, 0.15) is 17.8 Å². The van der Waals surface area contributed by atoms with Crippen molar-refractivity contribution < 1.29 is 0 Å². The van der Waals surface area contributed by atoms with Crippen LogP contribution >= 0.6 is 11.3 Å². The van der Waals surface area contributed by atoms with Crippen LogP contribution < -0.4 is 5.32 Å². The van der Waals surface area contributed by atoms with Crippen LogP contribution in [0.2, 0.25) is 0 Å². The van der Waals surface area contributed by atoms with Gasteiger partial charge in [0.1, 0.15) is 5.01 Å². The third-order valence-corrected chi connectivity index (χ3v) is 4.81. The fourth-order valence-corrected chi connectivity index (χ4v) is 3.94. The third kappa shape index (κ3) is 3.14. The van der Waals surface area contributed by atoms with Crippen LogP contribution in [0.3, 0.4) is 0 Å². The molecule has 3 nitrogen and oxygen atoms in total. The lowest BCUT2D eigenvalue weighted by Gasteiger charge is -2.31. The summed E-state index contributed by atoms with van der Waals surface area (Å²) in [6.45, 7) is 4.57. The minimum atomic E-state index is 0.799. The number of aromatic nitrogens is 1. The molecule has 1 unspecified atom stereocenters. The van der Waals surface area contributed by atoms with E-state index in [1.54, 1.807) is 0 Å². The Hall–Kier alpha value is -0.970. The summed E-state index contributed by atoms with van der Waals surface area (Å²) in [5, 5.41) is 4.56. The van der Waals surface area contributed by atoms with Crippen LogP contribution in [0, 0.1) is 5.92 Å². The summed E-state index contributed by atoms with van der Waals surface area (Å²) < 4.78 is 1.31. The normalized spacial score (nSPS) is 21.0. The molecule has 2 heterocycles. The molecule has 4 heteroatoms. The summed E-state index contributed by atoms with van der Waals surface area (Å²) in [6, 6.07) is 8.43. The van der Waals surface area contributed by atoms with E-state index in [9.17, 15) is 0 Å². The van der Waals surface area contributed by atoms with Gasteiger partial charge in [0, 0.05) is 6.54 Å². The molecule has 1 aliphatic heterocycles. The molecule has 1 aromatic carbocycles. The molecule has 1 atom stereocenters. The monoisotopic (exact) mass is 275 g/mol. The minimum Gasteiger partial charge on any atom is -0.319 e. The zero-order chi connectivity index (χ0) is 13.1. The van der Waals surface area contributed by atoms with Gasteiger partial charge in [0.2, 0.25) is 0 Å². The predicted molar refractivity (Wildman–Crippen MR) is 81.5 cm³/mol. The van der Waals surface area contributed by atoms with E-state index >= 15 is 0 Å². The van der Waals surface area contributed by atoms with Crippen LogP contribution in [0.4, 0.5) is 0 Å². The Balaban J connectivity index is 1.67. The maximum absolute atomic E-state index is 4.74. The van der Waals surface area contributed by atoms with Gasteiger partial charge in [0.05, 0.1) is 16.8 Å². The number of thiazole rings is 1. The summed E-state index contributed by atoms with van der Waals surface area (Å²) in [7, 11) is 2.05. The Morgan fingerprint density at radius 1 is 1.42 bits per heavy atom. The van der Waals surface area contributed by atoms with E-state index in [0.29, 0.717) is 0 Å². The van der Waals surface area contributed by atoms with Crippen LogP contribution in [-0.4, -0.2) is 36.6 Å². The topological polar surface area (TPSA) is 28.2 Å². The van der Waals surface area contributed by atoms with Crippen LogP contribution in [0.25, 0.3) is 10.2 Å². The fourth-order valence-electron chi connectivity index (χ4n) is 2.93. The van der Waals surface area contributed by atoms with Gasteiger partial charge >= 0.3 is 0 Å². The van der Waals surface area contributed by atoms with E-state index in [0.717, 1.165) is 24.5 Å². The van der Waals surface area contributed by atoms with Crippen molar-refractivity contribution >= 4 is 21.6 Å². The van der Waals surface area contributed by atoms with Crippen molar-refractivity contribution in [2.45, 2.75) is 19.4 Å². The van der Waals surface area contributed by atoms with Crippen molar-refractivity contribution in [2.24, 2.45) is 5.92 Å². The third-order valence-electron chi connectivity index (χ3n) is 3.79. The molecule has 0 radical (unpaired) electrons. The highest BCUT2D eigenvalue weighted by Crippen LogP contribution is 2.24. The van der Waals surface area contributed by atoms with Crippen LogP contribution in [0.15, 0.2) is 24.3 Å². The predicted octanol–water partition coefficient (Wildman–Crippen LogP) is 2.73. The molecule has 3 rings (SSSR count). The van der Waals surface area contributed by atoms with Gasteiger partial charge in [0.15, 0.2) is 0 Å². The van der Waals surface area contributed by atoms with Crippen LogP contribution in [-0.2, 0) is 6.54 Å². The Morgan fingerprint density at radius 2 is 2.32 bits per heavy atom. The zero-order valence-corrected chi connectivity index (χ0v) is 12.2. The highest BCUT2D eigenvalue weighted by molar-refractivity contribution is 7.18. The van der Waals surface area contributed by atoms with Crippen molar-refractivity contribution in [3.8, 4) is 0 Å². The lowest BCUT2D eigenvalue weighted by atomic mass is 9.98. The SMILES string of the molecule is CNCC1CCCN(Cc2nc3ccccc3s2)C1. The number of benzene rings is 1. The highest BCUT2D eigenvalue weighted by Gasteiger charge is 2.20. The number of hydrogen-bond acceptors (Lipinski definition) is 4. The van der Waals surface area contributed by atoms with Gasteiger partial charge in [0.25, 0.3) is 0 Å². The average Bonchev–Trinajstić information content (AvgIpc) is 2.81. The molecule has 0 bridgehead atoms. The Morgan fingerprint density at radius 3 is 3.16 bits per heavy atom. The van der Waals surface area contributed by atoms with Crippen molar-refractivity contribution in [1.82, 2.24) is 15.2 Å². The first-order valence-electron chi connectivity index (χ1n) is 7.06. The number of nitrogens with one attached hydrogen (secondary N) is 1. The van der Waals surface area contributed by atoms with Gasteiger partial charge < -0.3 is 5.32 Å². The zero-order valence-electron chi connectivity index (χ0n) is 11.4. The number of nitrogens with zero attached hydrogens (tertiary/aromatic N) is 2. The molecule has 102 valence electrons. The largest absolute Gasteiger partial charge is 0.319 e. The molecule has 0 spiro atoms. The lowest BCUT2D eigenvalue weighted by molar-refractivity contribution is 0.167. The van der Waals surface area contributed by atoms with Gasteiger partial charge in [-0.1, -0.05) is 12.1 Å². The molecule has 0 saturated carbocycles.